The van der Waals surface area contributed by atoms with E-state index in [4.69, 9.17) is 0 Å². The zero-order valence-corrected chi connectivity index (χ0v) is 8.69. The summed E-state index contributed by atoms with van der Waals surface area (Å²) in [7, 11) is 3.78. The van der Waals surface area contributed by atoms with Gasteiger partial charge in [0.25, 0.3) is 0 Å². The molecule has 74 valence electrons. The number of ketones is 1. The van der Waals surface area contributed by atoms with Crippen molar-refractivity contribution < 1.29 is 4.79 Å². The van der Waals surface area contributed by atoms with Crippen LogP contribution in [0.3, 0.4) is 0 Å². The molecular formula is C11H14N2O. The van der Waals surface area contributed by atoms with Crippen molar-refractivity contribution in [1.82, 2.24) is 9.88 Å². The maximum absolute atomic E-state index is 11.7. The molecule has 0 spiro atoms. The Kier molecular flexibility index (Phi) is 3.40. The molecule has 0 unspecified atom stereocenters. The van der Waals surface area contributed by atoms with Crippen LogP contribution in [0.2, 0.25) is 0 Å². The Balaban J connectivity index is 2.87. The third-order valence-electron chi connectivity index (χ3n) is 1.73. The number of pyridine rings is 1. The van der Waals surface area contributed by atoms with Crippen molar-refractivity contribution in [2.45, 2.75) is 6.92 Å². The van der Waals surface area contributed by atoms with Crippen molar-refractivity contribution in [1.29, 1.82) is 0 Å². The fourth-order valence-electron chi connectivity index (χ4n) is 1.17. The van der Waals surface area contributed by atoms with Crippen LogP contribution in [0.4, 0.5) is 0 Å². The standard InChI is InChI=1S/C11H14N2O/c1-9(8-13(2)3)11(14)10-5-4-6-12-7-10/h4-8H,1-3H3/b9-8+. The van der Waals surface area contributed by atoms with Gasteiger partial charge >= 0.3 is 0 Å². The summed E-state index contributed by atoms with van der Waals surface area (Å²) in [5, 5.41) is 0. The van der Waals surface area contributed by atoms with Gasteiger partial charge in [-0.2, -0.15) is 0 Å². The lowest BCUT2D eigenvalue weighted by atomic mass is 10.1. The highest BCUT2D eigenvalue weighted by atomic mass is 16.1. The van der Waals surface area contributed by atoms with Crippen LogP contribution in [0.5, 0.6) is 0 Å². The molecule has 1 aromatic heterocycles. The Hall–Kier alpha value is -1.64. The van der Waals surface area contributed by atoms with E-state index in [9.17, 15) is 4.79 Å². The fourth-order valence-corrected chi connectivity index (χ4v) is 1.17. The van der Waals surface area contributed by atoms with Crippen molar-refractivity contribution in [2.75, 3.05) is 14.1 Å². The summed E-state index contributed by atoms with van der Waals surface area (Å²) in [5.41, 5.74) is 1.34. The number of allylic oxidation sites excluding steroid dienone is 1. The van der Waals surface area contributed by atoms with E-state index >= 15 is 0 Å². The number of Topliss-reactive ketones (excluding diaryl/α,β-unsaturated/α-hetero) is 1. The van der Waals surface area contributed by atoms with E-state index in [2.05, 4.69) is 4.98 Å². The van der Waals surface area contributed by atoms with Crippen LogP contribution in [0.25, 0.3) is 0 Å². The first-order valence-corrected chi connectivity index (χ1v) is 4.41. The second kappa shape index (κ2) is 4.56. The van der Waals surface area contributed by atoms with Gasteiger partial charge in [0.15, 0.2) is 5.78 Å². The van der Waals surface area contributed by atoms with E-state index in [1.807, 2.05) is 19.0 Å². The van der Waals surface area contributed by atoms with Crippen molar-refractivity contribution in [3.05, 3.63) is 41.9 Å². The molecule has 0 aliphatic rings. The first-order valence-electron chi connectivity index (χ1n) is 4.41. The largest absolute Gasteiger partial charge is 0.383 e. The molecule has 0 atom stereocenters. The zero-order valence-electron chi connectivity index (χ0n) is 8.69. The molecule has 0 radical (unpaired) electrons. The van der Waals surface area contributed by atoms with E-state index in [0.29, 0.717) is 11.1 Å². The lowest BCUT2D eigenvalue weighted by molar-refractivity contribution is 0.103. The first-order chi connectivity index (χ1) is 6.61. The lowest BCUT2D eigenvalue weighted by Crippen LogP contribution is -2.07. The van der Waals surface area contributed by atoms with Gasteiger partial charge in [0.2, 0.25) is 0 Å². The summed E-state index contributed by atoms with van der Waals surface area (Å²) >= 11 is 0. The monoisotopic (exact) mass is 190 g/mol. The van der Waals surface area contributed by atoms with Crippen molar-refractivity contribution in [3.63, 3.8) is 0 Å². The van der Waals surface area contributed by atoms with E-state index < -0.39 is 0 Å². The number of hydrogen-bond acceptors (Lipinski definition) is 3. The van der Waals surface area contributed by atoms with Crippen LogP contribution in [0.1, 0.15) is 17.3 Å². The summed E-state index contributed by atoms with van der Waals surface area (Å²) in [4.78, 5) is 17.5. The SMILES string of the molecule is C/C(=C\N(C)C)C(=O)c1cccnc1. The molecule has 0 aliphatic carbocycles. The van der Waals surface area contributed by atoms with Gasteiger partial charge in [-0.05, 0) is 19.1 Å². The molecule has 0 amide bonds. The van der Waals surface area contributed by atoms with Crippen LogP contribution in [-0.2, 0) is 0 Å². The van der Waals surface area contributed by atoms with Gasteiger partial charge in [0, 0.05) is 43.8 Å². The Labute approximate surface area is 84.1 Å². The van der Waals surface area contributed by atoms with E-state index in [1.165, 1.54) is 0 Å². The van der Waals surface area contributed by atoms with Gasteiger partial charge in [-0.1, -0.05) is 0 Å². The maximum atomic E-state index is 11.7. The molecule has 0 saturated carbocycles. The summed E-state index contributed by atoms with van der Waals surface area (Å²) in [6.07, 6.45) is 5.03. The Morgan fingerprint density at radius 2 is 2.21 bits per heavy atom. The van der Waals surface area contributed by atoms with Crippen LogP contribution < -0.4 is 0 Å². The molecule has 3 heteroatoms. The van der Waals surface area contributed by atoms with Crippen LogP contribution >= 0.6 is 0 Å². The highest BCUT2D eigenvalue weighted by molar-refractivity contribution is 6.07. The molecule has 0 aromatic carbocycles. The fraction of sp³-hybridized carbons (Fsp3) is 0.273. The predicted octanol–water partition coefficient (Wildman–Crippen LogP) is 1.73. The average Bonchev–Trinajstić information content (AvgIpc) is 2.17. The maximum Gasteiger partial charge on any atom is 0.191 e. The van der Waals surface area contributed by atoms with Crippen molar-refractivity contribution >= 4 is 5.78 Å². The highest BCUT2D eigenvalue weighted by Gasteiger charge is 2.07. The molecule has 0 N–H and O–H groups in total. The normalized spacial score (nSPS) is 11.2. The lowest BCUT2D eigenvalue weighted by Gasteiger charge is -2.07. The number of carbonyl (C=O) groups is 1. The summed E-state index contributed by atoms with van der Waals surface area (Å²) in [6, 6.07) is 3.53. The third kappa shape index (κ3) is 2.69. The number of nitrogens with zero attached hydrogens (tertiary/aromatic N) is 2. The Morgan fingerprint density at radius 3 is 2.71 bits per heavy atom. The molecule has 0 fully saturated rings. The molecule has 1 heterocycles. The van der Waals surface area contributed by atoms with Crippen LogP contribution in [0.15, 0.2) is 36.3 Å². The van der Waals surface area contributed by atoms with Gasteiger partial charge in [-0.25, -0.2) is 0 Å². The molecular weight excluding hydrogens is 176 g/mol. The predicted molar refractivity (Wildman–Crippen MR) is 56.0 cm³/mol. The van der Waals surface area contributed by atoms with Crippen LogP contribution in [0, 0.1) is 0 Å². The third-order valence-corrected chi connectivity index (χ3v) is 1.73. The number of rotatable bonds is 3. The number of hydrogen-bond donors (Lipinski definition) is 0. The van der Waals surface area contributed by atoms with E-state index in [-0.39, 0.29) is 5.78 Å². The minimum Gasteiger partial charge on any atom is -0.383 e. The molecule has 1 rings (SSSR count). The van der Waals surface area contributed by atoms with E-state index in [0.717, 1.165) is 0 Å². The average molecular weight is 190 g/mol. The second-order valence-corrected chi connectivity index (χ2v) is 3.35. The van der Waals surface area contributed by atoms with Crippen molar-refractivity contribution in [2.24, 2.45) is 0 Å². The van der Waals surface area contributed by atoms with E-state index in [1.54, 1.807) is 37.7 Å². The smallest absolute Gasteiger partial charge is 0.191 e. The summed E-state index contributed by atoms with van der Waals surface area (Å²) in [5.74, 6) is 0.0202. The molecule has 0 aliphatic heterocycles. The summed E-state index contributed by atoms with van der Waals surface area (Å²) in [6.45, 7) is 1.80. The number of carbonyl (C=O) groups excluding carboxylic acids is 1. The Bertz CT molecular complexity index is 342. The quantitative estimate of drug-likeness (QED) is 0.537. The topological polar surface area (TPSA) is 33.2 Å². The molecule has 14 heavy (non-hydrogen) atoms. The van der Waals surface area contributed by atoms with Gasteiger partial charge < -0.3 is 4.90 Å². The molecule has 3 nitrogen and oxygen atoms in total. The van der Waals surface area contributed by atoms with Gasteiger partial charge in [-0.3, -0.25) is 9.78 Å². The number of aromatic nitrogens is 1. The first kappa shape index (κ1) is 10.4. The van der Waals surface area contributed by atoms with Gasteiger partial charge in [0.05, 0.1) is 0 Å². The minimum atomic E-state index is 0.0202. The van der Waals surface area contributed by atoms with Gasteiger partial charge in [0.1, 0.15) is 0 Å². The second-order valence-electron chi connectivity index (χ2n) is 3.35. The molecule has 0 bridgehead atoms. The molecule has 1 aromatic rings. The zero-order chi connectivity index (χ0) is 10.6. The van der Waals surface area contributed by atoms with Crippen LogP contribution in [-0.4, -0.2) is 29.8 Å². The highest BCUT2D eigenvalue weighted by Crippen LogP contribution is 2.06. The summed E-state index contributed by atoms with van der Waals surface area (Å²) < 4.78 is 0. The Morgan fingerprint density at radius 1 is 1.50 bits per heavy atom. The van der Waals surface area contributed by atoms with Crippen molar-refractivity contribution in [3.8, 4) is 0 Å². The molecule has 0 saturated heterocycles. The minimum absolute atomic E-state index is 0.0202. The van der Waals surface area contributed by atoms with Gasteiger partial charge in [-0.15, -0.1) is 0 Å².